The van der Waals surface area contributed by atoms with Crippen LogP contribution in [-0.2, 0) is 7.05 Å². The Balaban J connectivity index is 0.00000210. The Morgan fingerprint density at radius 2 is 1.81 bits per heavy atom. The van der Waals surface area contributed by atoms with Crippen molar-refractivity contribution >= 4 is 45.7 Å². The number of aryl methyl sites for hydroxylation is 2. The normalized spacial score (nSPS) is 10.8. The first kappa shape index (κ1) is 19.0. The molecule has 0 atom stereocenters. The van der Waals surface area contributed by atoms with Crippen molar-refractivity contribution in [1.29, 1.82) is 0 Å². The molecule has 4 rings (SSSR count). The lowest BCUT2D eigenvalue weighted by Gasteiger charge is -2.13. The summed E-state index contributed by atoms with van der Waals surface area (Å²) in [6, 6.07) is 16.2. The molecule has 0 spiro atoms. The van der Waals surface area contributed by atoms with E-state index in [4.69, 9.17) is 9.72 Å². The van der Waals surface area contributed by atoms with Crippen LogP contribution in [0.5, 0.6) is 5.75 Å². The maximum Gasteiger partial charge on any atom is 0.160 e. The number of nitrogens with one attached hydrogen (secondary N) is 1. The predicted molar refractivity (Wildman–Crippen MR) is 114 cm³/mol. The largest absolute Gasteiger partial charge is 0.494 e. The van der Waals surface area contributed by atoms with E-state index >= 15 is 0 Å². The fraction of sp³-hybridized carbons (Fsp3) is 0.238. The third-order valence-electron chi connectivity index (χ3n) is 4.44. The number of nitrogens with zero attached hydrogens (tertiary/aromatic N) is 3. The Morgan fingerprint density at radius 3 is 2.56 bits per heavy atom. The molecule has 2 aromatic carbocycles. The van der Waals surface area contributed by atoms with E-state index in [1.165, 1.54) is 0 Å². The second-order valence-electron chi connectivity index (χ2n) is 6.41. The van der Waals surface area contributed by atoms with Crippen LogP contribution in [-0.4, -0.2) is 21.4 Å². The van der Waals surface area contributed by atoms with Crippen molar-refractivity contribution in [2.45, 2.75) is 20.3 Å². The number of halogens is 1. The standard InChI is InChI=1S/C21H22N4O.ClH/c1-4-13-26-16-11-9-15(10-12-16)22-20-17-7-5-6-8-18(17)23-21-19(20)14(2)24-25(21)3;/h5-12H,4,13H2,1-3H3,(H,22,23);1H. The highest BCUT2D eigenvalue weighted by atomic mass is 35.5. The minimum absolute atomic E-state index is 0. The average Bonchev–Trinajstić information content (AvgIpc) is 2.94. The SMILES string of the molecule is CCCOc1ccc(Nc2c3ccccc3nc3c2c(C)nn3C)cc1.Cl. The molecule has 27 heavy (non-hydrogen) atoms. The minimum atomic E-state index is 0. The molecule has 0 aliphatic heterocycles. The van der Waals surface area contributed by atoms with Crippen molar-refractivity contribution in [2.24, 2.45) is 7.05 Å². The third kappa shape index (κ3) is 3.55. The van der Waals surface area contributed by atoms with Gasteiger partial charge in [0, 0.05) is 18.1 Å². The van der Waals surface area contributed by atoms with Crippen molar-refractivity contribution < 1.29 is 4.74 Å². The van der Waals surface area contributed by atoms with Gasteiger partial charge in [-0.25, -0.2) is 4.98 Å². The highest BCUT2D eigenvalue weighted by Crippen LogP contribution is 2.34. The van der Waals surface area contributed by atoms with E-state index in [2.05, 4.69) is 23.4 Å². The number of hydrogen-bond donors (Lipinski definition) is 1. The van der Waals surface area contributed by atoms with E-state index in [0.717, 1.165) is 57.8 Å². The van der Waals surface area contributed by atoms with Gasteiger partial charge < -0.3 is 10.1 Å². The minimum Gasteiger partial charge on any atom is -0.494 e. The zero-order valence-corrected chi connectivity index (χ0v) is 16.5. The van der Waals surface area contributed by atoms with Gasteiger partial charge in [0.05, 0.1) is 28.9 Å². The molecular weight excluding hydrogens is 360 g/mol. The number of ether oxygens (including phenoxy) is 1. The summed E-state index contributed by atoms with van der Waals surface area (Å²) in [4.78, 5) is 4.79. The Kier molecular flexibility index (Phi) is 5.51. The van der Waals surface area contributed by atoms with Crippen LogP contribution in [0.2, 0.25) is 0 Å². The monoisotopic (exact) mass is 382 g/mol. The zero-order valence-electron chi connectivity index (χ0n) is 15.7. The lowest BCUT2D eigenvalue weighted by atomic mass is 10.1. The van der Waals surface area contributed by atoms with Crippen LogP contribution in [0, 0.1) is 6.92 Å². The highest BCUT2D eigenvalue weighted by Gasteiger charge is 2.15. The summed E-state index contributed by atoms with van der Waals surface area (Å²) < 4.78 is 7.51. The van der Waals surface area contributed by atoms with Gasteiger partial charge in [-0.05, 0) is 43.7 Å². The van der Waals surface area contributed by atoms with Crippen molar-refractivity contribution in [3.8, 4) is 5.75 Å². The highest BCUT2D eigenvalue weighted by molar-refractivity contribution is 6.08. The fourth-order valence-corrected chi connectivity index (χ4v) is 3.23. The van der Waals surface area contributed by atoms with Gasteiger partial charge in [-0.15, -0.1) is 12.4 Å². The number of rotatable bonds is 5. The Bertz CT molecular complexity index is 1070. The molecule has 0 unspecified atom stereocenters. The molecule has 4 aromatic rings. The van der Waals surface area contributed by atoms with Gasteiger partial charge in [-0.1, -0.05) is 25.1 Å². The maximum absolute atomic E-state index is 5.67. The summed E-state index contributed by atoms with van der Waals surface area (Å²) in [6.07, 6.45) is 1.00. The summed E-state index contributed by atoms with van der Waals surface area (Å²) >= 11 is 0. The topological polar surface area (TPSA) is 52.0 Å². The number of pyridine rings is 1. The summed E-state index contributed by atoms with van der Waals surface area (Å²) in [5, 5.41) is 10.3. The van der Waals surface area contributed by atoms with Crippen LogP contribution in [0.25, 0.3) is 21.9 Å². The first-order valence-electron chi connectivity index (χ1n) is 8.89. The van der Waals surface area contributed by atoms with Crippen molar-refractivity contribution in [2.75, 3.05) is 11.9 Å². The number of para-hydroxylation sites is 1. The molecule has 0 aliphatic rings. The lowest BCUT2D eigenvalue weighted by molar-refractivity contribution is 0.317. The van der Waals surface area contributed by atoms with E-state index < -0.39 is 0 Å². The molecule has 2 aromatic heterocycles. The molecule has 5 nitrogen and oxygen atoms in total. The number of hydrogen-bond acceptors (Lipinski definition) is 4. The summed E-state index contributed by atoms with van der Waals surface area (Å²) in [5.74, 6) is 0.889. The number of aromatic nitrogens is 3. The number of fused-ring (bicyclic) bond motifs is 2. The molecule has 140 valence electrons. The first-order valence-corrected chi connectivity index (χ1v) is 8.89. The Labute approximate surface area is 164 Å². The maximum atomic E-state index is 5.67. The summed E-state index contributed by atoms with van der Waals surface area (Å²) in [6.45, 7) is 4.86. The van der Waals surface area contributed by atoms with Gasteiger partial charge in [-0.3, -0.25) is 4.68 Å². The lowest BCUT2D eigenvalue weighted by Crippen LogP contribution is -1.98. The van der Waals surface area contributed by atoms with Gasteiger partial charge in [-0.2, -0.15) is 5.10 Å². The number of anilines is 2. The van der Waals surface area contributed by atoms with Gasteiger partial charge >= 0.3 is 0 Å². The van der Waals surface area contributed by atoms with Gasteiger partial charge in [0.1, 0.15) is 5.75 Å². The molecule has 0 saturated heterocycles. The molecule has 0 bridgehead atoms. The molecule has 0 fully saturated rings. The Morgan fingerprint density at radius 1 is 1.07 bits per heavy atom. The predicted octanol–water partition coefficient (Wildman–Crippen LogP) is 5.38. The Hall–Kier alpha value is -2.79. The van der Waals surface area contributed by atoms with Crippen LogP contribution in [0.4, 0.5) is 11.4 Å². The fourth-order valence-electron chi connectivity index (χ4n) is 3.23. The van der Waals surface area contributed by atoms with E-state index in [1.807, 2.05) is 61.1 Å². The van der Waals surface area contributed by atoms with E-state index in [-0.39, 0.29) is 12.4 Å². The summed E-state index contributed by atoms with van der Waals surface area (Å²) in [5.41, 5.74) is 4.85. The molecule has 6 heteroatoms. The van der Waals surface area contributed by atoms with Gasteiger partial charge in [0.25, 0.3) is 0 Å². The van der Waals surface area contributed by atoms with Crippen LogP contribution in [0.1, 0.15) is 19.0 Å². The molecular formula is C21H23ClN4O. The third-order valence-corrected chi connectivity index (χ3v) is 4.44. The van der Waals surface area contributed by atoms with Crippen molar-refractivity contribution in [3.63, 3.8) is 0 Å². The van der Waals surface area contributed by atoms with Crippen LogP contribution >= 0.6 is 12.4 Å². The van der Waals surface area contributed by atoms with E-state index in [1.54, 1.807) is 0 Å². The molecule has 0 aliphatic carbocycles. The van der Waals surface area contributed by atoms with Crippen LogP contribution < -0.4 is 10.1 Å². The summed E-state index contributed by atoms with van der Waals surface area (Å²) in [7, 11) is 1.93. The smallest absolute Gasteiger partial charge is 0.160 e. The second kappa shape index (κ2) is 7.84. The van der Waals surface area contributed by atoms with Gasteiger partial charge in [0.15, 0.2) is 5.65 Å². The quantitative estimate of drug-likeness (QED) is 0.503. The van der Waals surface area contributed by atoms with E-state index in [9.17, 15) is 0 Å². The molecule has 0 saturated carbocycles. The molecule has 2 heterocycles. The molecule has 0 amide bonds. The van der Waals surface area contributed by atoms with Crippen molar-refractivity contribution in [1.82, 2.24) is 14.8 Å². The number of benzene rings is 2. The van der Waals surface area contributed by atoms with E-state index in [0.29, 0.717) is 0 Å². The average molecular weight is 383 g/mol. The molecule has 0 radical (unpaired) electrons. The van der Waals surface area contributed by atoms with Crippen LogP contribution in [0.3, 0.4) is 0 Å². The van der Waals surface area contributed by atoms with Gasteiger partial charge in [0.2, 0.25) is 0 Å². The first-order chi connectivity index (χ1) is 12.7. The van der Waals surface area contributed by atoms with Crippen LogP contribution in [0.15, 0.2) is 48.5 Å². The molecule has 1 N–H and O–H groups in total. The second-order valence-corrected chi connectivity index (χ2v) is 6.41. The zero-order chi connectivity index (χ0) is 18.1. The van der Waals surface area contributed by atoms with Crippen molar-refractivity contribution in [3.05, 3.63) is 54.2 Å².